The molecule has 0 aromatic heterocycles. The number of carbonyl (C=O) groups excluding carboxylic acids is 2. The van der Waals surface area contributed by atoms with E-state index >= 15 is 0 Å². The zero-order chi connectivity index (χ0) is 18.1. The Morgan fingerprint density at radius 1 is 1.28 bits per heavy atom. The monoisotopic (exact) mass is 363 g/mol. The van der Waals surface area contributed by atoms with E-state index in [0.29, 0.717) is 6.54 Å². The molecule has 138 valence electrons. The van der Waals surface area contributed by atoms with E-state index in [4.69, 9.17) is 5.73 Å². The molecule has 0 radical (unpaired) electrons. The average molecular weight is 364 g/mol. The molecular weight excluding hydrogens is 334 g/mol. The fourth-order valence-corrected chi connectivity index (χ4v) is 4.06. The van der Waals surface area contributed by atoms with E-state index in [1.54, 1.807) is 0 Å². The summed E-state index contributed by atoms with van der Waals surface area (Å²) >= 11 is 1.35. The minimum atomic E-state index is -0.364. The topological polar surface area (TPSA) is 75.4 Å². The number of rotatable bonds is 8. The summed E-state index contributed by atoms with van der Waals surface area (Å²) in [6.07, 6.45) is 6.17. The first kappa shape index (κ1) is 19.8. The maximum absolute atomic E-state index is 12.4. The molecule has 5 nitrogen and oxygen atoms in total. The van der Waals surface area contributed by atoms with E-state index in [-0.39, 0.29) is 17.6 Å². The molecule has 1 unspecified atom stereocenters. The fourth-order valence-electron chi connectivity index (χ4n) is 3.32. The number of para-hydroxylation sites is 1. The van der Waals surface area contributed by atoms with Gasteiger partial charge in [0.15, 0.2) is 0 Å². The van der Waals surface area contributed by atoms with Crippen molar-refractivity contribution in [2.75, 3.05) is 30.7 Å². The minimum Gasteiger partial charge on any atom is -0.369 e. The molecule has 25 heavy (non-hydrogen) atoms. The van der Waals surface area contributed by atoms with Crippen LogP contribution in [0.1, 0.15) is 39.0 Å². The third-order valence-electron chi connectivity index (χ3n) is 4.54. The molecule has 1 aromatic carbocycles. The third-order valence-corrected chi connectivity index (χ3v) is 5.63. The van der Waals surface area contributed by atoms with E-state index in [1.807, 2.05) is 24.3 Å². The van der Waals surface area contributed by atoms with Crippen molar-refractivity contribution in [2.45, 2.75) is 43.9 Å². The number of primary amides is 1. The van der Waals surface area contributed by atoms with Gasteiger partial charge in [-0.15, -0.1) is 11.8 Å². The standard InChI is InChI=1S/C19H29N3O2S/c1-2-6-15-7-5-11-22(12-10-15)13-19(24)21-16-8-3-4-9-17(16)25-14-18(20)23/h3-4,8-9,15H,2,5-7,10-14H2,1H3,(H2,20,23)(H,21,24). The number of nitrogens with zero attached hydrogens (tertiary/aromatic N) is 1. The zero-order valence-electron chi connectivity index (χ0n) is 15.0. The normalized spacial score (nSPS) is 18.5. The Kier molecular flexibility index (Phi) is 8.28. The van der Waals surface area contributed by atoms with Gasteiger partial charge >= 0.3 is 0 Å². The molecule has 0 spiro atoms. The Bertz CT molecular complexity index is 580. The van der Waals surface area contributed by atoms with Crippen molar-refractivity contribution < 1.29 is 9.59 Å². The number of benzene rings is 1. The second-order valence-electron chi connectivity index (χ2n) is 6.66. The van der Waals surface area contributed by atoms with E-state index < -0.39 is 0 Å². The molecule has 0 saturated carbocycles. The third kappa shape index (κ3) is 7.08. The summed E-state index contributed by atoms with van der Waals surface area (Å²) in [5, 5.41) is 2.98. The molecular formula is C19H29N3O2S. The van der Waals surface area contributed by atoms with Crippen LogP contribution in [0.2, 0.25) is 0 Å². The van der Waals surface area contributed by atoms with Gasteiger partial charge in [0.1, 0.15) is 0 Å². The molecule has 2 amide bonds. The van der Waals surface area contributed by atoms with Crippen LogP contribution < -0.4 is 11.1 Å². The van der Waals surface area contributed by atoms with Crippen LogP contribution in [-0.4, -0.2) is 42.1 Å². The Morgan fingerprint density at radius 2 is 2.08 bits per heavy atom. The molecule has 1 fully saturated rings. The van der Waals surface area contributed by atoms with Gasteiger partial charge < -0.3 is 11.1 Å². The van der Waals surface area contributed by atoms with Gasteiger partial charge in [-0.25, -0.2) is 0 Å². The Hall–Kier alpha value is -1.53. The van der Waals surface area contributed by atoms with Crippen molar-refractivity contribution in [2.24, 2.45) is 11.7 Å². The number of amides is 2. The zero-order valence-corrected chi connectivity index (χ0v) is 15.8. The number of likely N-dealkylation sites (tertiary alicyclic amines) is 1. The number of carbonyl (C=O) groups is 2. The van der Waals surface area contributed by atoms with Crippen LogP contribution in [0.4, 0.5) is 5.69 Å². The second-order valence-corrected chi connectivity index (χ2v) is 7.68. The Morgan fingerprint density at radius 3 is 2.84 bits per heavy atom. The van der Waals surface area contributed by atoms with Crippen LogP contribution in [-0.2, 0) is 9.59 Å². The lowest BCUT2D eigenvalue weighted by Crippen LogP contribution is -2.34. The summed E-state index contributed by atoms with van der Waals surface area (Å²) < 4.78 is 0. The molecule has 1 atom stereocenters. The van der Waals surface area contributed by atoms with Crippen molar-refractivity contribution in [1.29, 1.82) is 0 Å². The molecule has 1 saturated heterocycles. The number of hydrogen-bond acceptors (Lipinski definition) is 4. The number of anilines is 1. The summed E-state index contributed by atoms with van der Waals surface area (Å²) in [7, 11) is 0. The lowest BCUT2D eigenvalue weighted by atomic mass is 9.96. The van der Waals surface area contributed by atoms with E-state index in [2.05, 4.69) is 17.1 Å². The molecule has 0 bridgehead atoms. The van der Waals surface area contributed by atoms with Crippen LogP contribution in [0, 0.1) is 5.92 Å². The number of nitrogens with two attached hydrogens (primary N) is 1. The van der Waals surface area contributed by atoms with E-state index in [1.165, 1.54) is 43.9 Å². The predicted octanol–water partition coefficient (Wildman–Crippen LogP) is 3.10. The quantitative estimate of drug-likeness (QED) is 0.696. The molecule has 1 aliphatic heterocycles. The van der Waals surface area contributed by atoms with Crippen LogP contribution in [0.25, 0.3) is 0 Å². The smallest absolute Gasteiger partial charge is 0.238 e. The molecule has 0 aliphatic carbocycles. The molecule has 1 heterocycles. The number of nitrogens with one attached hydrogen (secondary N) is 1. The van der Waals surface area contributed by atoms with Gasteiger partial charge in [0.05, 0.1) is 18.0 Å². The molecule has 1 aliphatic rings. The van der Waals surface area contributed by atoms with Gasteiger partial charge in [-0.05, 0) is 50.4 Å². The Balaban J connectivity index is 1.87. The highest BCUT2D eigenvalue weighted by Gasteiger charge is 2.18. The highest BCUT2D eigenvalue weighted by Crippen LogP contribution is 2.27. The molecule has 1 aromatic rings. The van der Waals surface area contributed by atoms with Gasteiger partial charge in [-0.3, -0.25) is 14.5 Å². The summed E-state index contributed by atoms with van der Waals surface area (Å²) in [6, 6.07) is 7.53. The first-order chi connectivity index (χ1) is 12.1. The number of hydrogen-bond donors (Lipinski definition) is 2. The second kappa shape index (κ2) is 10.5. The SMILES string of the molecule is CCCC1CCCN(CC(=O)Nc2ccccc2SCC(N)=O)CC1. The van der Waals surface area contributed by atoms with Gasteiger partial charge in [0.25, 0.3) is 0 Å². The highest BCUT2D eigenvalue weighted by molar-refractivity contribution is 8.00. The fraction of sp³-hybridized carbons (Fsp3) is 0.579. The molecule has 2 rings (SSSR count). The largest absolute Gasteiger partial charge is 0.369 e. The lowest BCUT2D eigenvalue weighted by molar-refractivity contribution is -0.117. The molecule has 6 heteroatoms. The maximum Gasteiger partial charge on any atom is 0.238 e. The highest BCUT2D eigenvalue weighted by atomic mass is 32.2. The van der Waals surface area contributed by atoms with Gasteiger partial charge in [-0.2, -0.15) is 0 Å². The van der Waals surface area contributed by atoms with E-state index in [9.17, 15) is 9.59 Å². The first-order valence-electron chi connectivity index (χ1n) is 9.10. The summed E-state index contributed by atoms with van der Waals surface area (Å²) in [6.45, 7) is 4.65. The number of thioether (sulfide) groups is 1. The predicted molar refractivity (Wildman–Crippen MR) is 104 cm³/mol. The van der Waals surface area contributed by atoms with Crippen LogP contribution in [0.5, 0.6) is 0 Å². The summed E-state index contributed by atoms with van der Waals surface area (Å²) in [4.78, 5) is 26.5. The van der Waals surface area contributed by atoms with Crippen LogP contribution >= 0.6 is 11.8 Å². The summed E-state index contributed by atoms with van der Waals surface area (Å²) in [5.41, 5.74) is 5.96. The van der Waals surface area contributed by atoms with Crippen molar-refractivity contribution in [1.82, 2.24) is 4.90 Å². The van der Waals surface area contributed by atoms with E-state index in [0.717, 1.165) is 29.6 Å². The van der Waals surface area contributed by atoms with Gasteiger partial charge in [0, 0.05) is 4.90 Å². The van der Waals surface area contributed by atoms with Gasteiger partial charge in [0.2, 0.25) is 11.8 Å². The Labute approximate surface area is 154 Å². The van der Waals surface area contributed by atoms with Crippen molar-refractivity contribution in [3.8, 4) is 0 Å². The summed E-state index contributed by atoms with van der Waals surface area (Å²) in [5.74, 6) is 0.653. The van der Waals surface area contributed by atoms with Crippen molar-refractivity contribution in [3.63, 3.8) is 0 Å². The minimum absolute atomic E-state index is 0.000988. The first-order valence-corrected chi connectivity index (χ1v) is 10.1. The van der Waals surface area contributed by atoms with Gasteiger partial charge in [-0.1, -0.05) is 31.9 Å². The van der Waals surface area contributed by atoms with Crippen molar-refractivity contribution >= 4 is 29.3 Å². The average Bonchev–Trinajstić information content (AvgIpc) is 2.79. The van der Waals surface area contributed by atoms with Crippen LogP contribution in [0.15, 0.2) is 29.2 Å². The van der Waals surface area contributed by atoms with Crippen molar-refractivity contribution in [3.05, 3.63) is 24.3 Å². The lowest BCUT2D eigenvalue weighted by Gasteiger charge is -2.20. The maximum atomic E-state index is 12.4. The van der Waals surface area contributed by atoms with Crippen LogP contribution in [0.3, 0.4) is 0 Å². The molecule has 3 N–H and O–H groups in total.